The number of hydrogen-bond acceptors (Lipinski definition) is 7. The van der Waals surface area contributed by atoms with Crippen molar-refractivity contribution in [3.05, 3.63) is 0 Å². The highest BCUT2D eigenvalue weighted by atomic mass is 32.3. The molecular weight excluding hydrogens is 484 g/mol. The Labute approximate surface area is 216 Å². The molecule has 4 aliphatic carbocycles. The molecule has 5 N–H and O–H groups in total. The summed E-state index contributed by atoms with van der Waals surface area (Å²) in [7, 11) is -4.76. The van der Waals surface area contributed by atoms with E-state index in [1.54, 1.807) is 0 Å². The molecule has 9 heteroatoms. The second kappa shape index (κ2) is 9.72. The number of hydrogen-bond donors (Lipinski definition) is 5. The average molecular weight is 533 g/mol. The summed E-state index contributed by atoms with van der Waals surface area (Å²) in [5, 5.41) is 44.7. The van der Waals surface area contributed by atoms with Crippen LogP contribution in [0.25, 0.3) is 0 Å². The topological polar surface area (TPSA) is 145 Å². The van der Waals surface area contributed by atoms with Gasteiger partial charge < -0.3 is 20.4 Å². The normalized spacial score (nSPS) is 48.7. The van der Waals surface area contributed by atoms with Crippen LogP contribution in [0.2, 0.25) is 0 Å². The van der Waals surface area contributed by atoms with Crippen molar-refractivity contribution in [2.75, 3.05) is 0 Å². The van der Waals surface area contributed by atoms with E-state index in [1.165, 1.54) is 0 Å². The van der Waals surface area contributed by atoms with Gasteiger partial charge in [-0.15, -0.1) is 0 Å². The Morgan fingerprint density at radius 3 is 2.25 bits per heavy atom. The average Bonchev–Trinajstić information content (AvgIpc) is 3.03. The minimum atomic E-state index is -4.76. The minimum Gasteiger partial charge on any atom is -0.393 e. The Morgan fingerprint density at radius 1 is 1.00 bits per heavy atom. The molecule has 0 heterocycles. The fourth-order valence-electron chi connectivity index (χ4n) is 9.60. The van der Waals surface area contributed by atoms with Crippen LogP contribution in [0.15, 0.2) is 0 Å². The summed E-state index contributed by atoms with van der Waals surface area (Å²) in [6.07, 6.45) is 2.67. The molecule has 4 aliphatic rings. The first-order chi connectivity index (χ1) is 16.5. The molecule has 36 heavy (non-hydrogen) atoms. The van der Waals surface area contributed by atoms with Gasteiger partial charge in [0.15, 0.2) is 0 Å². The van der Waals surface area contributed by atoms with Gasteiger partial charge in [-0.25, -0.2) is 4.18 Å². The molecule has 4 fully saturated rings. The standard InChI is InChI=1S/C27H48O8S/c1-15(2)20(29)7-6-16(3)18-13-21(30)24-26(18,5)11-9-23-25(4)10-8-17(28)12-19(25)22(14-27(23,24)31)35-36(32,33)34/h15-24,28-31H,6-14H2,1-5H3,(H,32,33,34)/t16-,17+,18-,19?,20+,21?,22+,23?,24?,25+,26-,27+/m1/s1. The van der Waals surface area contributed by atoms with Crippen molar-refractivity contribution in [1.82, 2.24) is 0 Å². The van der Waals surface area contributed by atoms with E-state index in [-0.39, 0.29) is 47.5 Å². The van der Waals surface area contributed by atoms with E-state index in [2.05, 4.69) is 20.8 Å². The molecule has 12 atom stereocenters. The monoisotopic (exact) mass is 532 g/mol. The van der Waals surface area contributed by atoms with E-state index in [9.17, 15) is 33.4 Å². The van der Waals surface area contributed by atoms with Crippen LogP contribution in [0.3, 0.4) is 0 Å². The lowest BCUT2D eigenvalue weighted by molar-refractivity contribution is -0.260. The van der Waals surface area contributed by atoms with E-state index in [0.717, 1.165) is 19.3 Å². The minimum absolute atomic E-state index is 0.00884. The second-order valence-corrected chi connectivity index (χ2v) is 14.7. The fourth-order valence-corrected chi connectivity index (χ4v) is 10.1. The lowest BCUT2D eigenvalue weighted by atomic mass is 9.42. The maximum atomic E-state index is 12.5. The van der Waals surface area contributed by atoms with Crippen molar-refractivity contribution in [2.24, 2.45) is 46.3 Å². The largest absolute Gasteiger partial charge is 0.397 e. The Hall–Kier alpha value is -0.290. The fraction of sp³-hybridized carbons (Fsp3) is 1.00. The van der Waals surface area contributed by atoms with Crippen LogP contribution in [-0.4, -0.2) is 63.4 Å². The molecule has 0 radical (unpaired) electrons. The molecule has 8 nitrogen and oxygen atoms in total. The van der Waals surface area contributed by atoms with Gasteiger partial charge in [-0.3, -0.25) is 4.55 Å². The highest BCUT2D eigenvalue weighted by Gasteiger charge is 2.71. The maximum Gasteiger partial charge on any atom is 0.397 e. The van der Waals surface area contributed by atoms with Crippen molar-refractivity contribution >= 4 is 10.4 Å². The van der Waals surface area contributed by atoms with Gasteiger partial charge in [0, 0.05) is 12.3 Å². The molecule has 0 saturated heterocycles. The molecular formula is C27H48O8S. The maximum absolute atomic E-state index is 12.5. The van der Waals surface area contributed by atoms with Crippen molar-refractivity contribution < 1.29 is 37.6 Å². The summed E-state index contributed by atoms with van der Waals surface area (Å²) in [6.45, 7) is 10.4. The quantitative estimate of drug-likeness (QED) is 0.314. The first-order valence-corrected chi connectivity index (χ1v) is 15.3. The van der Waals surface area contributed by atoms with Gasteiger partial charge >= 0.3 is 10.4 Å². The number of fused-ring (bicyclic) bond motifs is 5. The highest BCUT2D eigenvalue weighted by Crippen LogP contribution is 2.70. The Balaban J connectivity index is 1.66. The third kappa shape index (κ3) is 4.80. The lowest BCUT2D eigenvalue weighted by Gasteiger charge is -2.66. The van der Waals surface area contributed by atoms with Crippen molar-refractivity contribution in [3.63, 3.8) is 0 Å². The van der Waals surface area contributed by atoms with Crippen LogP contribution in [0.5, 0.6) is 0 Å². The van der Waals surface area contributed by atoms with Gasteiger partial charge in [0.25, 0.3) is 0 Å². The van der Waals surface area contributed by atoms with E-state index in [1.807, 2.05) is 13.8 Å². The molecule has 0 bridgehead atoms. The van der Waals surface area contributed by atoms with Crippen LogP contribution in [0.4, 0.5) is 0 Å². The first-order valence-electron chi connectivity index (χ1n) is 13.9. The van der Waals surface area contributed by atoms with E-state index in [0.29, 0.717) is 32.1 Å². The summed E-state index contributed by atoms with van der Waals surface area (Å²) >= 11 is 0. The van der Waals surface area contributed by atoms with Gasteiger partial charge in [-0.1, -0.05) is 34.6 Å². The summed E-state index contributed by atoms with van der Waals surface area (Å²) in [5.74, 6) is -0.304. The summed E-state index contributed by atoms with van der Waals surface area (Å²) in [4.78, 5) is 0. The Morgan fingerprint density at radius 2 is 1.64 bits per heavy atom. The highest BCUT2D eigenvalue weighted by molar-refractivity contribution is 7.80. The van der Waals surface area contributed by atoms with Crippen molar-refractivity contribution in [3.8, 4) is 0 Å². The number of aliphatic hydroxyl groups is 4. The van der Waals surface area contributed by atoms with Crippen LogP contribution in [-0.2, 0) is 14.6 Å². The van der Waals surface area contributed by atoms with Gasteiger partial charge in [0.1, 0.15) is 0 Å². The van der Waals surface area contributed by atoms with E-state index < -0.39 is 45.6 Å². The smallest absolute Gasteiger partial charge is 0.393 e. The Bertz CT molecular complexity index is 909. The zero-order valence-electron chi connectivity index (χ0n) is 22.5. The predicted molar refractivity (Wildman–Crippen MR) is 135 cm³/mol. The molecule has 0 aromatic rings. The van der Waals surface area contributed by atoms with Crippen molar-refractivity contribution in [1.29, 1.82) is 0 Å². The first kappa shape index (κ1) is 28.7. The van der Waals surface area contributed by atoms with Crippen LogP contribution in [0.1, 0.15) is 92.4 Å². The number of rotatable bonds is 7. The van der Waals surface area contributed by atoms with Gasteiger partial charge in [0.2, 0.25) is 0 Å². The zero-order valence-corrected chi connectivity index (χ0v) is 23.3. The van der Waals surface area contributed by atoms with E-state index >= 15 is 0 Å². The van der Waals surface area contributed by atoms with Crippen molar-refractivity contribution in [2.45, 2.75) is 122 Å². The predicted octanol–water partition coefficient (Wildman–Crippen LogP) is 3.32. The molecule has 0 spiro atoms. The molecule has 0 amide bonds. The second-order valence-electron chi connectivity index (χ2n) is 13.6. The van der Waals surface area contributed by atoms with Gasteiger partial charge in [0.05, 0.1) is 30.0 Å². The summed E-state index contributed by atoms with van der Waals surface area (Å²) < 4.78 is 38.4. The number of aliphatic hydroxyl groups excluding tert-OH is 3. The third-order valence-corrected chi connectivity index (χ3v) is 11.8. The summed E-state index contributed by atoms with van der Waals surface area (Å²) in [5.41, 5.74) is -2.16. The molecule has 4 saturated carbocycles. The molecule has 210 valence electrons. The summed E-state index contributed by atoms with van der Waals surface area (Å²) in [6, 6.07) is 0. The van der Waals surface area contributed by atoms with Crippen LogP contribution < -0.4 is 0 Å². The van der Waals surface area contributed by atoms with Crippen LogP contribution >= 0.6 is 0 Å². The van der Waals surface area contributed by atoms with E-state index in [4.69, 9.17) is 4.18 Å². The molecule has 4 unspecified atom stereocenters. The lowest BCUT2D eigenvalue weighted by Crippen LogP contribution is -2.69. The molecule has 0 aromatic heterocycles. The molecule has 4 rings (SSSR count). The van der Waals surface area contributed by atoms with Gasteiger partial charge in [-0.2, -0.15) is 8.42 Å². The third-order valence-electron chi connectivity index (χ3n) is 11.3. The molecule has 0 aromatic carbocycles. The van der Waals surface area contributed by atoms with Crippen LogP contribution in [0, 0.1) is 46.3 Å². The van der Waals surface area contributed by atoms with Gasteiger partial charge in [-0.05, 0) is 91.8 Å². The zero-order chi connectivity index (χ0) is 26.8. The Kier molecular flexibility index (Phi) is 7.75. The SMILES string of the molecule is CC(C)[C@@H](O)CC[C@@H](C)[C@H]1CC(O)C2[C@]3(O)C[C@H](OS(=O)(=O)O)C4C[C@@H](O)CC[C@]4(C)C3CC[C@@]21C. The molecule has 0 aliphatic heterocycles.